The van der Waals surface area contributed by atoms with Crippen molar-refractivity contribution in [3.63, 3.8) is 0 Å². The Morgan fingerprint density at radius 2 is 1.74 bits per heavy atom. The van der Waals surface area contributed by atoms with E-state index in [9.17, 15) is 8.78 Å². The Morgan fingerprint density at radius 3 is 2.48 bits per heavy atom. The lowest BCUT2D eigenvalue weighted by Crippen LogP contribution is -1.93. The summed E-state index contributed by atoms with van der Waals surface area (Å²) in [5.74, 6) is -1.36. The van der Waals surface area contributed by atoms with Crippen LogP contribution >= 0.6 is 11.6 Å². The van der Waals surface area contributed by atoms with Gasteiger partial charge in [0.25, 0.3) is 0 Å². The molecule has 3 aromatic rings. The zero-order chi connectivity index (χ0) is 16.4. The number of nitrogens with zero attached hydrogens (tertiary/aromatic N) is 2. The predicted molar refractivity (Wildman–Crippen MR) is 86.3 cm³/mol. The molecule has 112 valence electrons. The number of pyridine rings is 1. The quantitative estimate of drug-likeness (QED) is 0.536. The maximum atomic E-state index is 14.1. The molecular formula is C18H9ClF2N2. The molecule has 0 fully saturated rings. The van der Waals surface area contributed by atoms with Crippen LogP contribution < -0.4 is 0 Å². The van der Waals surface area contributed by atoms with Crippen LogP contribution in [-0.4, -0.2) is 4.98 Å². The molecule has 1 heterocycles. The van der Waals surface area contributed by atoms with Gasteiger partial charge in [-0.05, 0) is 23.8 Å². The smallest absolute Gasteiger partial charge is 0.206 e. The van der Waals surface area contributed by atoms with Crippen LogP contribution in [0.5, 0.6) is 0 Å². The lowest BCUT2D eigenvalue weighted by atomic mass is 9.98. The molecule has 0 amide bonds. The first kappa shape index (κ1) is 15.1. The predicted octanol–water partition coefficient (Wildman–Crippen LogP) is 5.90. The first-order valence-corrected chi connectivity index (χ1v) is 7.06. The second-order valence-corrected chi connectivity index (χ2v) is 5.15. The zero-order valence-corrected chi connectivity index (χ0v) is 12.5. The third-order valence-electron chi connectivity index (χ3n) is 3.38. The molecular weight excluding hydrogens is 318 g/mol. The Hall–Kier alpha value is -2.77. The normalized spacial score (nSPS) is 10.3. The van der Waals surface area contributed by atoms with Gasteiger partial charge < -0.3 is 0 Å². The third kappa shape index (κ3) is 2.79. The van der Waals surface area contributed by atoms with Gasteiger partial charge in [-0.3, -0.25) is 4.98 Å². The Bertz CT molecular complexity index is 933. The molecule has 3 rings (SSSR count). The fraction of sp³-hybridized carbons (Fsp3) is 0. The second kappa shape index (κ2) is 6.15. The van der Waals surface area contributed by atoms with Crippen molar-refractivity contribution in [1.29, 1.82) is 0 Å². The summed E-state index contributed by atoms with van der Waals surface area (Å²) in [5.41, 5.74) is 1.97. The van der Waals surface area contributed by atoms with Crippen molar-refractivity contribution >= 4 is 17.3 Å². The first-order chi connectivity index (χ1) is 11.1. The van der Waals surface area contributed by atoms with Gasteiger partial charge in [0, 0.05) is 23.4 Å². The summed E-state index contributed by atoms with van der Waals surface area (Å²) in [6, 6.07) is 11.8. The van der Waals surface area contributed by atoms with Crippen LogP contribution in [0.2, 0.25) is 5.02 Å². The summed E-state index contributed by atoms with van der Waals surface area (Å²) >= 11 is 6.27. The number of aromatic nitrogens is 1. The second-order valence-electron chi connectivity index (χ2n) is 4.77. The van der Waals surface area contributed by atoms with Gasteiger partial charge in [-0.2, -0.15) is 0 Å². The van der Waals surface area contributed by atoms with E-state index in [1.54, 1.807) is 30.3 Å². The van der Waals surface area contributed by atoms with Gasteiger partial charge in [0.2, 0.25) is 5.69 Å². The Labute approximate surface area is 136 Å². The minimum Gasteiger partial charge on any atom is -0.255 e. The molecule has 0 aliphatic rings. The van der Waals surface area contributed by atoms with E-state index in [4.69, 9.17) is 18.2 Å². The topological polar surface area (TPSA) is 17.2 Å². The highest BCUT2D eigenvalue weighted by atomic mass is 35.5. The first-order valence-electron chi connectivity index (χ1n) is 6.68. The molecule has 0 aliphatic carbocycles. The standard InChI is InChI=1S/C18H9ClF2N2/c1-22-16-6-2-4-12(17(16)19)13-5-3-9-23-18(13)14-8-7-11(20)10-15(14)21/h2-10H. The van der Waals surface area contributed by atoms with Gasteiger partial charge in [-0.15, -0.1) is 0 Å². The molecule has 23 heavy (non-hydrogen) atoms. The SMILES string of the molecule is [C-]#[N+]c1cccc(-c2cccnc2-c2ccc(F)cc2F)c1Cl. The van der Waals surface area contributed by atoms with Crippen molar-refractivity contribution in [2.45, 2.75) is 0 Å². The molecule has 0 saturated carbocycles. The van der Waals surface area contributed by atoms with Crippen LogP contribution in [0.1, 0.15) is 0 Å². The zero-order valence-electron chi connectivity index (χ0n) is 11.7. The maximum absolute atomic E-state index is 14.1. The molecule has 5 heteroatoms. The molecule has 0 saturated heterocycles. The summed E-state index contributed by atoms with van der Waals surface area (Å²) in [4.78, 5) is 7.58. The summed E-state index contributed by atoms with van der Waals surface area (Å²) < 4.78 is 27.3. The highest BCUT2D eigenvalue weighted by molar-refractivity contribution is 6.36. The Morgan fingerprint density at radius 1 is 0.957 bits per heavy atom. The van der Waals surface area contributed by atoms with Gasteiger partial charge in [0.1, 0.15) is 11.6 Å². The number of hydrogen-bond acceptors (Lipinski definition) is 1. The van der Waals surface area contributed by atoms with Crippen molar-refractivity contribution in [2.75, 3.05) is 0 Å². The van der Waals surface area contributed by atoms with E-state index in [0.29, 0.717) is 22.5 Å². The highest BCUT2D eigenvalue weighted by Crippen LogP contribution is 2.39. The average molecular weight is 327 g/mol. The molecule has 0 atom stereocenters. The van der Waals surface area contributed by atoms with Gasteiger partial charge in [0.15, 0.2) is 0 Å². The minimum absolute atomic E-state index is 0.172. The molecule has 0 radical (unpaired) electrons. The summed E-state index contributed by atoms with van der Waals surface area (Å²) in [6.45, 7) is 7.14. The summed E-state index contributed by atoms with van der Waals surface area (Å²) in [5, 5.41) is 0.277. The number of benzene rings is 2. The van der Waals surface area contributed by atoms with E-state index in [1.165, 1.54) is 18.3 Å². The largest absolute Gasteiger partial charge is 0.255 e. The van der Waals surface area contributed by atoms with Gasteiger partial charge in [0.05, 0.1) is 17.3 Å². The number of halogens is 3. The van der Waals surface area contributed by atoms with Crippen LogP contribution in [0.3, 0.4) is 0 Å². The molecule has 0 aliphatic heterocycles. The van der Waals surface area contributed by atoms with Gasteiger partial charge in [-0.1, -0.05) is 35.9 Å². The van der Waals surface area contributed by atoms with Crippen molar-refractivity contribution in [1.82, 2.24) is 4.98 Å². The van der Waals surface area contributed by atoms with Crippen LogP contribution in [0.15, 0.2) is 54.7 Å². The van der Waals surface area contributed by atoms with E-state index >= 15 is 0 Å². The van der Waals surface area contributed by atoms with Crippen LogP contribution in [-0.2, 0) is 0 Å². The Kier molecular flexibility index (Phi) is 4.05. The van der Waals surface area contributed by atoms with E-state index in [-0.39, 0.29) is 10.6 Å². The van der Waals surface area contributed by atoms with Gasteiger partial charge in [-0.25, -0.2) is 13.6 Å². The van der Waals surface area contributed by atoms with Gasteiger partial charge >= 0.3 is 0 Å². The summed E-state index contributed by atoms with van der Waals surface area (Å²) in [6.07, 6.45) is 1.52. The lowest BCUT2D eigenvalue weighted by molar-refractivity contribution is 0.585. The Balaban J connectivity index is 2.26. The van der Waals surface area contributed by atoms with Crippen molar-refractivity contribution in [2.24, 2.45) is 0 Å². The third-order valence-corrected chi connectivity index (χ3v) is 3.78. The highest BCUT2D eigenvalue weighted by Gasteiger charge is 2.16. The van der Waals surface area contributed by atoms with E-state index in [0.717, 1.165) is 6.07 Å². The molecule has 0 N–H and O–H groups in total. The van der Waals surface area contributed by atoms with Crippen LogP contribution in [0, 0.1) is 18.2 Å². The monoisotopic (exact) mass is 326 g/mol. The lowest BCUT2D eigenvalue weighted by Gasteiger charge is -2.12. The molecule has 0 spiro atoms. The van der Waals surface area contributed by atoms with Crippen molar-refractivity contribution in [3.05, 3.63) is 82.8 Å². The van der Waals surface area contributed by atoms with Crippen molar-refractivity contribution in [3.8, 4) is 22.4 Å². The summed E-state index contributed by atoms with van der Waals surface area (Å²) in [7, 11) is 0. The molecule has 1 aromatic heterocycles. The molecule has 0 unspecified atom stereocenters. The molecule has 2 nitrogen and oxygen atoms in total. The van der Waals surface area contributed by atoms with Crippen LogP contribution in [0.25, 0.3) is 27.2 Å². The fourth-order valence-electron chi connectivity index (χ4n) is 2.33. The van der Waals surface area contributed by atoms with Crippen LogP contribution in [0.4, 0.5) is 14.5 Å². The van der Waals surface area contributed by atoms with Crippen molar-refractivity contribution < 1.29 is 8.78 Å². The number of rotatable bonds is 2. The fourth-order valence-corrected chi connectivity index (χ4v) is 2.60. The average Bonchev–Trinajstić information content (AvgIpc) is 2.55. The van der Waals surface area contributed by atoms with E-state index < -0.39 is 11.6 Å². The molecule has 2 aromatic carbocycles. The molecule has 0 bridgehead atoms. The minimum atomic E-state index is -0.706. The van der Waals surface area contributed by atoms with E-state index in [1.807, 2.05) is 0 Å². The number of hydrogen-bond donors (Lipinski definition) is 0. The van der Waals surface area contributed by atoms with E-state index in [2.05, 4.69) is 9.83 Å². The maximum Gasteiger partial charge on any atom is 0.206 e.